The molecule has 0 aliphatic heterocycles. The molecule has 0 saturated heterocycles. The fourth-order valence-corrected chi connectivity index (χ4v) is 3.13. The minimum atomic E-state index is 0.406. The zero-order valence-corrected chi connectivity index (χ0v) is 16.0. The maximum Gasteiger partial charge on any atom is 0.141 e. The first kappa shape index (κ1) is 16.1. The first-order chi connectivity index (χ1) is 9.51. The number of benzene rings is 2. The van der Waals surface area contributed by atoms with Crippen LogP contribution in [0.5, 0.6) is 11.5 Å². The van der Waals surface area contributed by atoms with Gasteiger partial charge in [0, 0.05) is 9.80 Å². The van der Waals surface area contributed by atoms with Gasteiger partial charge in [0.1, 0.15) is 11.5 Å². The molecule has 0 radical (unpaired) electrons. The van der Waals surface area contributed by atoms with Crippen molar-refractivity contribution in [1.82, 2.24) is 0 Å². The van der Waals surface area contributed by atoms with E-state index in [9.17, 15) is 0 Å². The molecule has 0 N–H and O–H groups in total. The van der Waals surface area contributed by atoms with E-state index in [-0.39, 0.29) is 0 Å². The molecule has 0 saturated carbocycles. The second kappa shape index (κ2) is 7.10. The van der Waals surface area contributed by atoms with Gasteiger partial charge < -0.3 is 4.74 Å². The molecule has 0 amide bonds. The van der Waals surface area contributed by atoms with Crippen LogP contribution in [0.15, 0.2) is 45.3 Å². The Morgan fingerprint density at radius 3 is 2.30 bits per heavy atom. The molecule has 0 fully saturated rings. The number of hydrogen-bond acceptors (Lipinski definition) is 1. The molecule has 0 aromatic heterocycles. The Kier molecular flexibility index (Phi) is 5.70. The molecule has 4 heteroatoms. The van der Waals surface area contributed by atoms with Crippen LogP contribution >= 0.6 is 47.8 Å². The van der Waals surface area contributed by atoms with Gasteiger partial charge in [0.25, 0.3) is 0 Å². The van der Waals surface area contributed by atoms with Crippen molar-refractivity contribution in [3.05, 3.63) is 56.5 Å². The van der Waals surface area contributed by atoms with Gasteiger partial charge in [-0.3, -0.25) is 0 Å². The number of hydrogen-bond donors (Lipinski definition) is 0. The summed E-state index contributed by atoms with van der Waals surface area (Å²) in [6, 6.07) is 12.2. The molecule has 1 nitrogen and oxygen atoms in total. The van der Waals surface area contributed by atoms with Crippen molar-refractivity contribution in [1.29, 1.82) is 0 Å². The molecule has 20 heavy (non-hydrogen) atoms. The Labute approximate surface area is 145 Å². The third kappa shape index (κ3) is 3.86. The molecule has 0 atom stereocenters. The molecular weight excluding hydrogens is 448 g/mol. The smallest absolute Gasteiger partial charge is 0.141 e. The van der Waals surface area contributed by atoms with Crippen LogP contribution in [0.2, 0.25) is 0 Å². The highest BCUT2D eigenvalue weighted by molar-refractivity contribution is 9.11. The van der Waals surface area contributed by atoms with Crippen LogP contribution in [-0.2, 0) is 5.33 Å². The summed E-state index contributed by atoms with van der Waals surface area (Å²) in [7, 11) is 0. The Hall–Kier alpha value is -0.320. The topological polar surface area (TPSA) is 9.23 Å². The van der Waals surface area contributed by atoms with Crippen molar-refractivity contribution < 1.29 is 4.74 Å². The normalized spacial score (nSPS) is 10.9. The third-order valence-corrected chi connectivity index (χ3v) is 4.72. The summed E-state index contributed by atoms with van der Waals surface area (Å²) >= 11 is 10.5. The summed E-state index contributed by atoms with van der Waals surface area (Å²) in [5, 5.41) is 0.835. The van der Waals surface area contributed by atoms with Gasteiger partial charge in [0.2, 0.25) is 0 Å². The molecule has 0 aliphatic rings. The van der Waals surface area contributed by atoms with Crippen molar-refractivity contribution in [2.45, 2.75) is 25.1 Å². The van der Waals surface area contributed by atoms with Gasteiger partial charge in [-0.1, -0.05) is 51.8 Å². The quantitative estimate of drug-likeness (QED) is 0.443. The maximum atomic E-state index is 6.07. The summed E-state index contributed by atoms with van der Waals surface area (Å²) in [5.74, 6) is 2.14. The fraction of sp³-hybridized carbons (Fsp3) is 0.250. The van der Waals surface area contributed by atoms with E-state index in [2.05, 4.69) is 79.8 Å². The zero-order chi connectivity index (χ0) is 14.7. The van der Waals surface area contributed by atoms with Crippen LogP contribution in [0.4, 0.5) is 0 Å². The number of rotatable bonds is 4. The SMILES string of the molecule is CC(C)c1cc(Br)ccc1Oc1ccc(CBr)cc1Br. The highest BCUT2D eigenvalue weighted by Crippen LogP contribution is 2.36. The summed E-state index contributed by atoms with van der Waals surface area (Å²) in [5.41, 5.74) is 2.40. The summed E-state index contributed by atoms with van der Waals surface area (Å²) < 4.78 is 8.11. The Morgan fingerprint density at radius 2 is 1.70 bits per heavy atom. The van der Waals surface area contributed by atoms with Crippen LogP contribution in [0.1, 0.15) is 30.9 Å². The third-order valence-electron chi connectivity index (χ3n) is 2.96. The molecular formula is C16H15Br3O. The van der Waals surface area contributed by atoms with Gasteiger partial charge in [-0.05, 0) is 63.3 Å². The summed E-state index contributed by atoms with van der Waals surface area (Å²) in [4.78, 5) is 0. The number of halogens is 3. The first-order valence-corrected chi connectivity index (χ1v) is 9.03. The predicted octanol–water partition coefficient (Wildman–Crippen LogP) is 7.02. The zero-order valence-electron chi connectivity index (χ0n) is 11.3. The second-order valence-corrected chi connectivity index (χ2v) is 7.17. The molecule has 106 valence electrons. The molecule has 0 unspecified atom stereocenters. The van der Waals surface area contributed by atoms with E-state index in [4.69, 9.17) is 4.74 Å². The Morgan fingerprint density at radius 1 is 1.00 bits per heavy atom. The van der Waals surface area contributed by atoms with Crippen LogP contribution in [-0.4, -0.2) is 0 Å². The lowest BCUT2D eigenvalue weighted by molar-refractivity contribution is 0.470. The standard InChI is InChI=1S/C16H15Br3O/c1-10(2)13-8-12(18)4-6-15(13)20-16-5-3-11(9-17)7-14(16)19/h3-8,10H,9H2,1-2H3. The van der Waals surface area contributed by atoms with Gasteiger partial charge in [0.05, 0.1) is 4.47 Å². The van der Waals surface area contributed by atoms with Crippen LogP contribution in [0.25, 0.3) is 0 Å². The van der Waals surface area contributed by atoms with E-state index in [1.165, 1.54) is 11.1 Å². The lowest BCUT2D eigenvalue weighted by atomic mass is 10.0. The van der Waals surface area contributed by atoms with E-state index in [0.717, 1.165) is 25.8 Å². The number of ether oxygens (including phenoxy) is 1. The molecule has 2 rings (SSSR count). The highest BCUT2D eigenvalue weighted by Gasteiger charge is 2.11. The van der Waals surface area contributed by atoms with Crippen molar-refractivity contribution in [3.8, 4) is 11.5 Å². The predicted molar refractivity (Wildman–Crippen MR) is 95.1 cm³/mol. The minimum absolute atomic E-state index is 0.406. The fourth-order valence-electron chi connectivity index (χ4n) is 1.89. The van der Waals surface area contributed by atoms with E-state index in [1.807, 2.05) is 18.2 Å². The lowest BCUT2D eigenvalue weighted by Gasteiger charge is -2.15. The molecule has 0 spiro atoms. The van der Waals surface area contributed by atoms with Gasteiger partial charge in [-0.15, -0.1) is 0 Å². The van der Waals surface area contributed by atoms with Crippen molar-refractivity contribution >= 4 is 47.8 Å². The summed E-state index contributed by atoms with van der Waals surface area (Å²) in [6.45, 7) is 4.33. The van der Waals surface area contributed by atoms with E-state index < -0.39 is 0 Å². The molecule has 0 heterocycles. The van der Waals surface area contributed by atoms with Crippen LogP contribution in [0, 0.1) is 0 Å². The number of alkyl halides is 1. The van der Waals surface area contributed by atoms with Crippen molar-refractivity contribution in [2.75, 3.05) is 0 Å². The molecule has 0 bridgehead atoms. The molecule has 0 aliphatic carbocycles. The Bertz CT molecular complexity index is 609. The Balaban J connectivity index is 2.35. The van der Waals surface area contributed by atoms with Gasteiger partial charge in [-0.25, -0.2) is 0 Å². The van der Waals surface area contributed by atoms with E-state index >= 15 is 0 Å². The van der Waals surface area contributed by atoms with Gasteiger partial charge in [-0.2, -0.15) is 0 Å². The van der Waals surface area contributed by atoms with Crippen LogP contribution in [0.3, 0.4) is 0 Å². The van der Waals surface area contributed by atoms with Crippen LogP contribution < -0.4 is 4.74 Å². The largest absolute Gasteiger partial charge is 0.456 e. The first-order valence-electron chi connectivity index (χ1n) is 6.33. The average molecular weight is 463 g/mol. The van der Waals surface area contributed by atoms with E-state index in [1.54, 1.807) is 0 Å². The monoisotopic (exact) mass is 460 g/mol. The molecule has 2 aromatic rings. The lowest BCUT2D eigenvalue weighted by Crippen LogP contribution is -1.95. The summed E-state index contributed by atoms with van der Waals surface area (Å²) in [6.07, 6.45) is 0. The molecule has 2 aromatic carbocycles. The highest BCUT2D eigenvalue weighted by atomic mass is 79.9. The van der Waals surface area contributed by atoms with E-state index in [0.29, 0.717) is 5.92 Å². The second-order valence-electron chi connectivity index (χ2n) is 4.84. The van der Waals surface area contributed by atoms with Crippen molar-refractivity contribution in [3.63, 3.8) is 0 Å². The van der Waals surface area contributed by atoms with Crippen molar-refractivity contribution in [2.24, 2.45) is 0 Å². The maximum absolute atomic E-state index is 6.07. The minimum Gasteiger partial charge on any atom is -0.456 e. The average Bonchev–Trinajstić information content (AvgIpc) is 2.42. The van der Waals surface area contributed by atoms with Gasteiger partial charge in [0.15, 0.2) is 0 Å². The van der Waals surface area contributed by atoms with Gasteiger partial charge >= 0.3 is 0 Å².